The highest BCUT2D eigenvalue weighted by Crippen LogP contribution is 2.21. The van der Waals surface area contributed by atoms with Crippen LogP contribution in [0.3, 0.4) is 0 Å². The highest BCUT2D eigenvalue weighted by Gasteiger charge is 2.25. The van der Waals surface area contributed by atoms with E-state index in [0.29, 0.717) is 5.69 Å². The third-order valence-electron chi connectivity index (χ3n) is 5.05. The fourth-order valence-electron chi connectivity index (χ4n) is 3.29. The van der Waals surface area contributed by atoms with Crippen molar-refractivity contribution in [3.63, 3.8) is 0 Å². The van der Waals surface area contributed by atoms with Crippen molar-refractivity contribution in [1.29, 1.82) is 0 Å². The minimum atomic E-state index is -0.827. The first kappa shape index (κ1) is 21.3. The maximum absolute atomic E-state index is 12.3. The summed E-state index contributed by atoms with van der Waals surface area (Å²) >= 11 is 0. The number of amides is 2. The van der Waals surface area contributed by atoms with Gasteiger partial charge in [-0.05, 0) is 30.8 Å². The van der Waals surface area contributed by atoms with Crippen LogP contribution in [0.5, 0.6) is 0 Å². The maximum atomic E-state index is 12.3. The molecule has 10 nitrogen and oxygen atoms in total. The lowest BCUT2D eigenvalue weighted by atomic mass is 10.1. The second kappa shape index (κ2) is 9.90. The van der Waals surface area contributed by atoms with Crippen molar-refractivity contribution in [3.05, 3.63) is 64.5 Å². The fourth-order valence-corrected chi connectivity index (χ4v) is 3.29. The molecule has 0 saturated carbocycles. The zero-order chi connectivity index (χ0) is 21.5. The SMILES string of the molecule is CN1CCN([C@H](CNC(=O)C(=O)Nc2ccc([N+](=O)[O-])cc2)c2cccnc2)CC1. The van der Waals surface area contributed by atoms with Crippen molar-refractivity contribution in [1.82, 2.24) is 20.1 Å². The Bertz CT molecular complexity index is 882. The van der Waals surface area contributed by atoms with Gasteiger partial charge in [-0.1, -0.05) is 6.07 Å². The van der Waals surface area contributed by atoms with Crippen LogP contribution in [-0.2, 0) is 9.59 Å². The third-order valence-corrected chi connectivity index (χ3v) is 5.05. The number of pyridine rings is 1. The van der Waals surface area contributed by atoms with Gasteiger partial charge in [-0.15, -0.1) is 0 Å². The van der Waals surface area contributed by atoms with Crippen molar-refractivity contribution in [3.8, 4) is 0 Å². The van der Waals surface area contributed by atoms with Crippen molar-refractivity contribution in [2.45, 2.75) is 6.04 Å². The number of hydrogen-bond donors (Lipinski definition) is 2. The summed E-state index contributed by atoms with van der Waals surface area (Å²) in [5, 5.41) is 15.8. The number of carbonyl (C=O) groups is 2. The second-order valence-corrected chi connectivity index (χ2v) is 7.11. The summed E-state index contributed by atoms with van der Waals surface area (Å²) in [4.78, 5) is 43.4. The van der Waals surface area contributed by atoms with Gasteiger partial charge in [0.05, 0.1) is 11.0 Å². The van der Waals surface area contributed by atoms with Gasteiger partial charge in [0.1, 0.15) is 0 Å². The second-order valence-electron chi connectivity index (χ2n) is 7.11. The van der Waals surface area contributed by atoms with E-state index >= 15 is 0 Å². The average Bonchev–Trinajstić information content (AvgIpc) is 2.76. The quantitative estimate of drug-likeness (QED) is 0.413. The standard InChI is InChI=1S/C20H24N6O4/c1-24-9-11-25(12-10-24)18(15-3-2-8-21-13-15)14-22-19(27)20(28)23-16-4-6-17(7-5-16)26(29)30/h2-8,13,18H,9-12,14H2,1H3,(H,22,27)(H,23,28)/t18-/m1/s1. The van der Waals surface area contributed by atoms with E-state index < -0.39 is 16.7 Å². The summed E-state index contributed by atoms with van der Waals surface area (Å²) in [7, 11) is 2.07. The summed E-state index contributed by atoms with van der Waals surface area (Å²) in [6.45, 7) is 3.81. The molecule has 1 aromatic carbocycles. The lowest BCUT2D eigenvalue weighted by Gasteiger charge is -2.38. The zero-order valence-corrected chi connectivity index (χ0v) is 16.7. The predicted molar refractivity (Wildman–Crippen MR) is 111 cm³/mol. The lowest BCUT2D eigenvalue weighted by Crippen LogP contribution is -2.49. The van der Waals surface area contributed by atoms with Gasteiger partial charge in [-0.25, -0.2) is 0 Å². The van der Waals surface area contributed by atoms with Crippen molar-refractivity contribution in [2.75, 3.05) is 45.1 Å². The van der Waals surface area contributed by atoms with Gasteiger partial charge in [-0.2, -0.15) is 0 Å². The van der Waals surface area contributed by atoms with E-state index in [0.717, 1.165) is 31.7 Å². The number of nitro groups is 1. The monoisotopic (exact) mass is 412 g/mol. The lowest BCUT2D eigenvalue weighted by molar-refractivity contribution is -0.384. The number of anilines is 1. The molecular weight excluding hydrogens is 388 g/mol. The van der Waals surface area contributed by atoms with Crippen LogP contribution in [0.15, 0.2) is 48.8 Å². The van der Waals surface area contributed by atoms with E-state index in [-0.39, 0.29) is 18.3 Å². The first-order valence-electron chi connectivity index (χ1n) is 9.60. The molecule has 1 aromatic heterocycles. The van der Waals surface area contributed by atoms with E-state index in [1.165, 1.54) is 24.3 Å². The molecule has 1 fully saturated rings. The van der Waals surface area contributed by atoms with Gasteiger partial charge in [0.25, 0.3) is 5.69 Å². The van der Waals surface area contributed by atoms with Gasteiger partial charge in [0, 0.05) is 62.9 Å². The number of nitrogens with one attached hydrogen (secondary N) is 2. The molecule has 1 aliphatic rings. The van der Waals surface area contributed by atoms with Gasteiger partial charge in [0.15, 0.2) is 0 Å². The van der Waals surface area contributed by atoms with E-state index in [1.807, 2.05) is 12.1 Å². The molecule has 10 heteroatoms. The number of rotatable bonds is 6. The number of nitrogens with zero attached hydrogens (tertiary/aromatic N) is 4. The molecule has 30 heavy (non-hydrogen) atoms. The van der Waals surface area contributed by atoms with Crippen LogP contribution >= 0.6 is 0 Å². The van der Waals surface area contributed by atoms with E-state index in [4.69, 9.17) is 0 Å². The Labute approximate surface area is 174 Å². The van der Waals surface area contributed by atoms with Gasteiger partial charge >= 0.3 is 11.8 Å². The molecule has 0 spiro atoms. The van der Waals surface area contributed by atoms with Gasteiger partial charge in [0.2, 0.25) is 0 Å². The third kappa shape index (κ3) is 5.58. The van der Waals surface area contributed by atoms with Crippen LogP contribution in [0.2, 0.25) is 0 Å². The van der Waals surface area contributed by atoms with Crippen molar-refractivity contribution >= 4 is 23.2 Å². The Hall–Kier alpha value is -3.37. The summed E-state index contributed by atoms with van der Waals surface area (Å²) in [5.74, 6) is -1.59. The highest BCUT2D eigenvalue weighted by atomic mass is 16.6. The van der Waals surface area contributed by atoms with Crippen molar-refractivity contribution < 1.29 is 14.5 Å². The largest absolute Gasteiger partial charge is 0.346 e. The van der Waals surface area contributed by atoms with Gasteiger partial charge in [-0.3, -0.25) is 29.6 Å². The number of likely N-dealkylation sites (N-methyl/N-ethyl adjacent to an activating group) is 1. The smallest absolute Gasteiger partial charge is 0.313 e. The van der Waals surface area contributed by atoms with Crippen LogP contribution in [-0.4, -0.2) is 71.3 Å². The van der Waals surface area contributed by atoms with Crippen molar-refractivity contribution in [2.24, 2.45) is 0 Å². The number of nitro benzene ring substituents is 1. The molecule has 2 amide bonds. The Morgan fingerprint density at radius 1 is 1.13 bits per heavy atom. The van der Waals surface area contributed by atoms with Crippen LogP contribution in [0.4, 0.5) is 11.4 Å². The van der Waals surface area contributed by atoms with Crippen LogP contribution in [0.25, 0.3) is 0 Å². The maximum Gasteiger partial charge on any atom is 0.313 e. The number of non-ortho nitro benzene ring substituents is 1. The minimum absolute atomic E-state index is 0.0936. The van der Waals surface area contributed by atoms with Gasteiger partial charge < -0.3 is 15.5 Å². The summed E-state index contributed by atoms with van der Waals surface area (Å²) in [5.41, 5.74) is 1.19. The number of hydrogen-bond acceptors (Lipinski definition) is 7. The average molecular weight is 412 g/mol. The Morgan fingerprint density at radius 3 is 2.43 bits per heavy atom. The van der Waals surface area contributed by atoms with Crippen LogP contribution in [0.1, 0.15) is 11.6 Å². The molecule has 1 saturated heterocycles. The number of carbonyl (C=O) groups excluding carboxylic acids is 2. The molecule has 3 rings (SSSR count). The Morgan fingerprint density at radius 2 is 1.83 bits per heavy atom. The highest BCUT2D eigenvalue weighted by molar-refractivity contribution is 6.39. The Kier molecular flexibility index (Phi) is 7.04. The molecule has 2 N–H and O–H groups in total. The topological polar surface area (TPSA) is 121 Å². The minimum Gasteiger partial charge on any atom is -0.346 e. The molecule has 2 aromatic rings. The Balaban J connectivity index is 1.60. The number of piperazine rings is 1. The number of aromatic nitrogens is 1. The predicted octanol–water partition coefficient (Wildman–Crippen LogP) is 1.03. The molecule has 1 atom stereocenters. The summed E-state index contributed by atoms with van der Waals surface area (Å²) in [6.07, 6.45) is 3.47. The molecule has 1 aliphatic heterocycles. The first-order chi connectivity index (χ1) is 14.4. The molecule has 0 unspecified atom stereocenters. The normalized spacial score (nSPS) is 15.9. The van der Waals surface area contributed by atoms with Crippen LogP contribution < -0.4 is 10.6 Å². The molecule has 158 valence electrons. The molecule has 0 radical (unpaired) electrons. The van der Waals surface area contributed by atoms with Crippen LogP contribution in [0, 0.1) is 10.1 Å². The molecular formula is C20H24N6O4. The van der Waals surface area contributed by atoms with E-state index in [2.05, 4.69) is 32.5 Å². The summed E-state index contributed by atoms with van der Waals surface area (Å²) < 4.78 is 0. The fraction of sp³-hybridized carbons (Fsp3) is 0.350. The molecule has 0 aliphatic carbocycles. The number of benzene rings is 1. The van der Waals surface area contributed by atoms with E-state index in [1.54, 1.807) is 12.4 Å². The summed E-state index contributed by atoms with van der Waals surface area (Å²) in [6, 6.07) is 9.00. The molecule has 2 heterocycles. The first-order valence-corrected chi connectivity index (χ1v) is 9.60. The zero-order valence-electron chi connectivity index (χ0n) is 16.7. The molecule has 0 bridgehead atoms. The van der Waals surface area contributed by atoms with E-state index in [9.17, 15) is 19.7 Å².